The summed E-state index contributed by atoms with van der Waals surface area (Å²) in [5, 5.41) is 10.5. The Labute approximate surface area is 111 Å². The van der Waals surface area contributed by atoms with Crippen molar-refractivity contribution in [1.29, 1.82) is 0 Å². The lowest BCUT2D eigenvalue weighted by Crippen LogP contribution is -2.26. The van der Waals surface area contributed by atoms with Crippen LogP contribution < -0.4 is 5.32 Å². The number of halogens is 4. The summed E-state index contributed by atoms with van der Waals surface area (Å²) in [6.45, 7) is -0.0686. The first-order valence-electron chi connectivity index (χ1n) is 5.59. The van der Waals surface area contributed by atoms with Gasteiger partial charge in [0.2, 0.25) is 0 Å². The molecule has 1 aromatic rings. The summed E-state index contributed by atoms with van der Waals surface area (Å²) in [5.41, 5.74) is -2.24. The standard InChI is InChI=1S/C12H11F4NO3/c13-10-7(3-1-4-8(10)12(14,15)16)11(20)17-6-2-5-9(18)19/h1,3-4H,2,5-6H2,(H,17,20)(H,18,19). The van der Waals surface area contributed by atoms with Gasteiger partial charge in [0.1, 0.15) is 5.82 Å². The summed E-state index contributed by atoms with van der Waals surface area (Å²) >= 11 is 0. The molecule has 0 aliphatic carbocycles. The lowest BCUT2D eigenvalue weighted by atomic mass is 10.1. The maximum Gasteiger partial charge on any atom is 0.419 e. The third kappa shape index (κ3) is 4.22. The van der Waals surface area contributed by atoms with Gasteiger partial charge in [-0.25, -0.2) is 4.39 Å². The molecule has 1 aromatic carbocycles. The van der Waals surface area contributed by atoms with Crippen molar-refractivity contribution >= 4 is 11.9 Å². The first-order chi connectivity index (χ1) is 9.23. The van der Waals surface area contributed by atoms with E-state index in [1.165, 1.54) is 0 Å². The molecule has 0 radical (unpaired) electrons. The molecule has 0 aliphatic heterocycles. The number of hydrogen-bond donors (Lipinski definition) is 2. The summed E-state index contributed by atoms with van der Waals surface area (Å²) in [6, 6.07) is 2.39. The monoisotopic (exact) mass is 293 g/mol. The molecule has 0 fully saturated rings. The van der Waals surface area contributed by atoms with Crippen molar-refractivity contribution in [2.45, 2.75) is 19.0 Å². The van der Waals surface area contributed by atoms with Crippen molar-refractivity contribution in [2.75, 3.05) is 6.54 Å². The van der Waals surface area contributed by atoms with Gasteiger partial charge in [0, 0.05) is 13.0 Å². The van der Waals surface area contributed by atoms with E-state index in [-0.39, 0.29) is 19.4 Å². The quantitative estimate of drug-likeness (QED) is 0.647. The highest BCUT2D eigenvalue weighted by molar-refractivity contribution is 5.94. The van der Waals surface area contributed by atoms with Gasteiger partial charge in [-0.15, -0.1) is 0 Å². The summed E-state index contributed by atoms with van der Waals surface area (Å²) < 4.78 is 50.9. The summed E-state index contributed by atoms with van der Waals surface area (Å²) in [5.74, 6) is -3.72. The molecular weight excluding hydrogens is 282 g/mol. The van der Waals surface area contributed by atoms with Crippen molar-refractivity contribution < 1.29 is 32.3 Å². The van der Waals surface area contributed by atoms with Crippen LogP contribution in [0.5, 0.6) is 0 Å². The minimum atomic E-state index is -4.89. The fourth-order valence-electron chi connectivity index (χ4n) is 1.46. The highest BCUT2D eigenvalue weighted by Gasteiger charge is 2.35. The van der Waals surface area contributed by atoms with Crippen molar-refractivity contribution in [3.8, 4) is 0 Å². The second-order valence-electron chi connectivity index (χ2n) is 3.92. The number of carbonyl (C=O) groups excluding carboxylic acids is 1. The molecule has 0 heterocycles. The van der Waals surface area contributed by atoms with Crippen molar-refractivity contribution in [1.82, 2.24) is 5.32 Å². The Morgan fingerprint density at radius 2 is 1.90 bits per heavy atom. The van der Waals surface area contributed by atoms with E-state index < -0.39 is 35.0 Å². The summed E-state index contributed by atoms with van der Waals surface area (Å²) in [7, 11) is 0. The molecule has 0 atom stereocenters. The normalized spacial score (nSPS) is 11.2. The molecule has 1 rings (SSSR count). The van der Waals surface area contributed by atoms with Crippen LogP contribution in [0.25, 0.3) is 0 Å². The molecule has 0 aromatic heterocycles. The molecule has 20 heavy (non-hydrogen) atoms. The molecule has 2 N–H and O–H groups in total. The Morgan fingerprint density at radius 1 is 1.25 bits per heavy atom. The third-order valence-electron chi connectivity index (χ3n) is 2.40. The molecule has 4 nitrogen and oxygen atoms in total. The number of amides is 1. The van der Waals surface area contributed by atoms with Gasteiger partial charge in [-0.1, -0.05) is 6.07 Å². The average Bonchev–Trinajstić information content (AvgIpc) is 2.33. The number of rotatable bonds is 5. The Morgan fingerprint density at radius 3 is 2.45 bits per heavy atom. The number of nitrogens with one attached hydrogen (secondary N) is 1. The van der Waals surface area contributed by atoms with Gasteiger partial charge in [-0.05, 0) is 18.6 Å². The van der Waals surface area contributed by atoms with Crippen LogP contribution in [0.4, 0.5) is 17.6 Å². The minimum Gasteiger partial charge on any atom is -0.481 e. The van der Waals surface area contributed by atoms with Gasteiger partial charge in [0.15, 0.2) is 0 Å². The predicted octanol–water partition coefficient (Wildman–Crippen LogP) is 2.44. The molecule has 0 aliphatic rings. The van der Waals surface area contributed by atoms with Gasteiger partial charge in [-0.2, -0.15) is 13.2 Å². The molecular formula is C12H11F4NO3. The van der Waals surface area contributed by atoms with Crippen LogP contribution in [0, 0.1) is 5.82 Å². The molecule has 8 heteroatoms. The lowest BCUT2D eigenvalue weighted by Gasteiger charge is -2.11. The van der Waals surface area contributed by atoms with Gasteiger partial charge in [-0.3, -0.25) is 9.59 Å². The van der Waals surface area contributed by atoms with E-state index in [0.29, 0.717) is 6.07 Å². The maximum atomic E-state index is 13.6. The second-order valence-corrected chi connectivity index (χ2v) is 3.92. The topological polar surface area (TPSA) is 66.4 Å². The number of hydrogen-bond acceptors (Lipinski definition) is 2. The van der Waals surface area contributed by atoms with Crippen molar-refractivity contribution in [3.05, 3.63) is 35.1 Å². The van der Waals surface area contributed by atoms with E-state index in [1.807, 2.05) is 0 Å². The second kappa shape index (κ2) is 6.36. The molecule has 0 spiro atoms. The highest BCUT2D eigenvalue weighted by atomic mass is 19.4. The summed E-state index contributed by atoms with van der Waals surface area (Å²) in [6.07, 6.45) is -4.99. The van der Waals surface area contributed by atoms with Crippen LogP contribution in [-0.4, -0.2) is 23.5 Å². The van der Waals surface area contributed by atoms with Crippen LogP contribution >= 0.6 is 0 Å². The zero-order valence-corrected chi connectivity index (χ0v) is 10.1. The average molecular weight is 293 g/mol. The van der Waals surface area contributed by atoms with Crippen molar-refractivity contribution in [3.63, 3.8) is 0 Å². The molecule has 1 amide bonds. The van der Waals surface area contributed by atoms with Gasteiger partial charge in [0.05, 0.1) is 11.1 Å². The fourth-order valence-corrected chi connectivity index (χ4v) is 1.46. The lowest BCUT2D eigenvalue weighted by molar-refractivity contribution is -0.140. The first kappa shape index (κ1) is 15.9. The Bertz CT molecular complexity index is 514. The number of carboxylic acid groups (broad SMARTS) is 1. The van der Waals surface area contributed by atoms with Gasteiger partial charge in [0.25, 0.3) is 5.91 Å². The maximum absolute atomic E-state index is 13.6. The van der Waals surface area contributed by atoms with Crippen LogP contribution in [-0.2, 0) is 11.0 Å². The Balaban J connectivity index is 2.76. The van der Waals surface area contributed by atoms with E-state index in [4.69, 9.17) is 5.11 Å². The number of aliphatic carboxylic acids is 1. The number of carbonyl (C=O) groups is 2. The molecule has 0 unspecified atom stereocenters. The number of alkyl halides is 3. The first-order valence-corrected chi connectivity index (χ1v) is 5.59. The van der Waals surface area contributed by atoms with E-state index >= 15 is 0 Å². The largest absolute Gasteiger partial charge is 0.481 e. The highest BCUT2D eigenvalue weighted by Crippen LogP contribution is 2.32. The summed E-state index contributed by atoms with van der Waals surface area (Å²) in [4.78, 5) is 21.7. The zero-order chi connectivity index (χ0) is 15.3. The van der Waals surface area contributed by atoms with E-state index in [9.17, 15) is 27.2 Å². The smallest absolute Gasteiger partial charge is 0.419 e. The van der Waals surface area contributed by atoms with Crippen LogP contribution in [0.15, 0.2) is 18.2 Å². The Kier molecular flexibility index (Phi) is 5.06. The molecule has 0 saturated carbocycles. The minimum absolute atomic E-state index is 0.0686. The fraction of sp³-hybridized carbons (Fsp3) is 0.333. The third-order valence-corrected chi connectivity index (χ3v) is 2.40. The molecule has 0 bridgehead atoms. The molecule has 0 saturated heterocycles. The predicted molar refractivity (Wildman–Crippen MR) is 60.6 cm³/mol. The van der Waals surface area contributed by atoms with Crippen LogP contribution in [0.3, 0.4) is 0 Å². The van der Waals surface area contributed by atoms with E-state index in [2.05, 4.69) is 5.32 Å². The van der Waals surface area contributed by atoms with E-state index in [1.54, 1.807) is 0 Å². The number of carboxylic acids is 1. The molecule has 110 valence electrons. The van der Waals surface area contributed by atoms with Crippen LogP contribution in [0.2, 0.25) is 0 Å². The number of benzene rings is 1. The van der Waals surface area contributed by atoms with Crippen LogP contribution in [0.1, 0.15) is 28.8 Å². The zero-order valence-electron chi connectivity index (χ0n) is 10.1. The van der Waals surface area contributed by atoms with Gasteiger partial charge < -0.3 is 10.4 Å². The Hall–Kier alpha value is -2.12. The SMILES string of the molecule is O=C(O)CCCNC(=O)c1cccc(C(F)(F)F)c1F. The van der Waals surface area contributed by atoms with E-state index in [0.717, 1.165) is 12.1 Å². The van der Waals surface area contributed by atoms with Crippen molar-refractivity contribution in [2.24, 2.45) is 0 Å². The van der Waals surface area contributed by atoms with Gasteiger partial charge >= 0.3 is 12.1 Å².